The topological polar surface area (TPSA) is 138 Å². The number of nitrogen functional groups attached to an aromatic ring is 1. The van der Waals surface area contributed by atoms with Crippen LogP contribution in [-0.4, -0.2) is 20.8 Å². The van der Waals surface area contributed by atoms with E-state index in [4.69, 9.17) is 15.6 Å². The van der Waals surface area contributed by atoms with Gasteiger partial charge in [0.05, 0.1) is 28.8 Å². The van der Waals surface area contributed by atoms with Crippen molar-refractivity contribution in [1.82, 2.24) is 9.97 Å². The van der Waals surface area contributed by atoms with Crippen LogP contribution in [0.3, 0.4) is 0 Å². The van der Waals surface area contributed by atoms with Gasteiger partial charge in [-0.15, -0.1) is 0 Å². The van der Waals surface area contributed by atoms with E-state index in [0.717, 1.165) is 36.7 Å². The van der Waals surface area contributed by atoms with Gasteiger partial charge in [-0.1, -0.05) is 12.1 Å². The number of fused-ring (bicyclic) bond motifs is 1. The largest absolute Gasteiger partial charge is 0.503 e. The zero-order valence-electron chi connectivity index (χ0n) is 19.7. The van der Waals surface area contributed by atoms with E-state index in [9.17, 15) is 27.5 Å². The van der Waals surface area contributed by atoms with E-state index >= 15 is 0 Å². The Hall–Kier alpha value is -5.26. The molecule has 39 heavy (non-hydrogen) atoms. The second-order valence-corrected chi connectivity index (χ2v) is 8.38. The van der Waals surface area contributed by atoms with E-state index in [0.29, 0.717) is 0 Å². The zero-order chi connectivity index (χ0) is 27.8. The number of nitrogens with one attached hydrogen (secondary N) is 2. The van der Waals surface area contributed by atoms with Crippen LogP contribution >= 0.6 is 0 Å². The molecular weight excluding hydrogens is 518 g/mol. The third-order valence-electron chi connectivity index (χ3n) is 5.89. The molecule has 5 rings (SSSR count). The van der Waals surface area contributed by atoms with Crippen molar-refractivity contribution in [3.8, 4) is 16.9 Å². The molecule has 5 aromatic rings. The molecule has 2 heterocycles. The average Bonchev–Trinajstić information content (AvgIpc) is 2.90. The normalized spacial score (nSPS) is 11.1. The van der Waals surface area contributed by atoms with Crippen molar-refractivity contribution >= 4 is 28.3 Å². The third kappa shape index (κ3) is 4.75. The summed E-state index contributed by atoms with van der Waals surface area (Å²) in [4.78, 5) is 21.3. The maximum Gasteiger partial charge on any atom is 0.200 e. The molecule has 3 aromatic carbocycles. The number of aromatic hydroxyl groups is 1. The van der Waals surface area contributed by atoms with Crippen molar-refractivity contribution in [3.05, 3.63) is 111 Å². The Balaban J connectivity index is 1.60. The van der Waals surface area contributed by atoms with Crippen LogP contribution in [-0.2, 0) is 6.54 Å². The second-order valence-electron chi connectivity index (χ2n) is 8.38. The first-order chi connectivity index (χ1) is 18.6. The minimum atomic E-state index is -1.28. The fourth-order valence-electron chi connectivity index (χ4n) is 4.07. The molecule has 0 aliphatic rings. The van der Waals surface area contributed by atoms with Gasteiger partial charge in [-0.25, -0.2) is 27.5 Å². The average molecular weight is 535 g/mol. The molecule has 0 aliphatic heterocycles. The number of aromatic nitrogens is 2. The SMILES string of the molecule is N=C(c1cc(F)c(O)c(F)c1)c1c(N)ncnc1NCc1oc2ccc(F)cc2c(=O)c1-c1cccc(F)c1. The van der Waals surface area contributed by atoms with E-state index in [1.54, 1.807) is 0 Å². The summed E-state index contributed by atoms with van der Waals surface area (Å²) in [7, 11) is 0. The standard InChI is InChI=1S/C27H17F4N5O3/c28-14-3-1-2-12(6-14)21-20(39-19-5-4-15(29)9-16(19)24(21)37)10-34-27-22(26(33)35-11-36-27)23(32)13-7-17(30)25(38)18(31)8-13/h1-9,11,32,38H,10H2,(H3,33,34,35,36). The fourth-order valence-corrected chi connectivity index (χ4v) is 4.07. The molecule has 5 N–H and O–H groups in total. The molecular formula is C27H17F4N5O3. The molecule has 0 bridgehead atoms. The monoisotopic (exact) mass is 535 g/mol. The lowest BCUT2D eigenvalue weighted by Crippen LogP contribution is -2.16. The molecule has 0 spiro atoms. The first-order valence-electron chi connectivity index (χ1n) is 11.3. The van der Waals surface area contributed by atoms with E-state index in [2.05, 4.69) is 15.3 Å². The highest BCUT2D eigenvalue weighted by atomic mass is 19.1. The van der Waals surface area contributed by atoms with Gasteiger partial charge in [0.2, 0.25) is 5.43 Å². The Kier molecular flexibility index (Phi) is 6.44. The Labute approximate surface area is 216 Å². The first kappa shape index (κ1) is 25.4. The minimum Gasteiger partial charge on any atom is -0.503 e. The van der Waals surface area contributed by atoms with Crippen LogP contribution in [0, 0.1) is 28.7 Å². The van der Waals surface area contributed by atoms with Crippen molar-refractivity contribution < 1.29 is 27.1 Å². The van der Waals surface area contributed by atoms with Crippen LogP contribution in [0.1, 0.15) is 16.9 Å². The van der Waals surface area contributed by atoms with Crippen LogP contribution in [0.2, 0.25) is 0 Å². The highest BCUT2D eigenvalue weighted by Gasteiger charge is 2.22. The number of benzene rings is 3. The lowest BCUT2D eigenvalue weighted by Gasteiger charge is -2.15. The Morgan fingerprint density at radius 1 is 1.00 bits per heavy atom. The fraction of sp³-hybridized carbons (Fsp3) is 0.0370. The van der Waals surface area contributed by atoms with Crippen LogP contribution in [0.4, 0.5) is 29.2 Å². The van der Waals surface area contributed by atoms with Crippen molar-refractivity contribution in [1.29, 1.82) is 5.41 Å². The van der Waals surface area contributed by atoms with Gasteiger partial charge in [0.25, 0.3) is 0 Å². The summed E-state index contributed by atoms with van der Waals surface area (Å²) in [5, 5.41) is 20.7. The molecule has 8 nitrogen and oxygen atoms in total. The maximum absolute atomic E-state index is 14.0. The zero-order valence-corrected chi connectivity index (χ0v) is 19.7. The van der Waals surface area contributed by atoms with Crippen LogP contribution < -0.4 is 16.5 Å². The number of phenolic OH excluding ortho intramolecular Hbond substituents is 1. The third-order valence-corrected chi connectivity index (χ3v) is 5.89. The molecule has 0 saturated heterocycles. The molecule has 196 valence electrons. The molecule has 0 aliphatic carbocycles. The molecule has 0 amide bonds. The van der Waals surface area contributed by atoms with Crippen molar-refractivity contribution in [2.24, 2.45) is 0 Å². The van der Waals surface area contributed by atoms with Gasteiger partial charge in [-0.2, -0.15) is 0 Å². The molecule has 0 unspecified atom stereocenters. The number of nitrogens with two attached hydrogens (primary N) is 1. The lowest BCUT2D eigenvalue weighted by molar-refractivity contribution is 0.396. The Morgan fingerprint density at radius 2 is 1.72 bits per heavy atom. The first-order valence-corrected chi connectivity index (χ1v) is 11.3. The van der Waals surface area contributed by atoms with Gasteiger partial charge in [0.1, 0.15) is 40.9 Å². The van der Waals surface area contributed by atoms with Crippen LogP contribution in [0.5, 0.6) is 5.75 Å². The summed E-state index contributed by atoms with van der Waals surface area (Å²) in [6, 6.07) is 10.1. The molecule has 0 saturated carbocycles. The summed E-state index contributed by atoms with van der Waals surface area (Å²) < 4.78 is 61.7. The highest BCUT2D eigenvalue weighted by Crippen LogP contribution is 2.29. The Bertz CT molecular complexity index is 1820. The predicted molar refractivity (Wildman–Crippen MR) is 136 cm³/mol. The van der Waals surface area contributed by atoms with Crippen LogP contribution in [0.15, 0.2) is 70.1 Å². The van der Waals surface area contributed by atoms with Gasteiger partial charge in [0, 0.05) is 5.56 Å². The number of anilines is 2. The Morgan fingerprint density at radius 3 is 2.44 bits per heavy atom. The summed E-state index contributed by atoms with van der Waals surface area (Å²) in [6.07, 6.45) is 1.08. The highest BCUT2D eigenvalue weighted by molar-refractivity contribution is 6.16. The molecule has 0 atom stereocenters. The molecule has 0 fully saturated rings. The van der Waals surface area contributed by atoms with Gasteiger partial charge in [-0.05, 0) is 48.0 Å². The number of phenols is 1. The molecule has 12 heteroatoms. The summed E-state index contributed by atoms with van der Waals surface area (Å²) in [5.74, 6) is -5.26. The summed E-state index contributed by atoms with van der Waals surface area (Å²) >= 11 is 0. The molecule has 2 aromatic heterocycles. The number of nitrogens with zero attached hydrogens (tertiary/aromatic N) is 2. The van der Waals surface area contributed by atoms with Gasteiger partial charge in [-0.3, -0.25) is 10.2 Å². The summed E-state index contributed by atoms with van der Waals surface area (Å²) in [5.41, 5.74) is 4.72. The predicted octanol–water partition coefficient (Wildman–Crippen LogP) is 5.12. The summed E-state index contributed by atoms with van der Waals surface area (Å²) in [6.45, 7) is -0.247. The number of hydrogen-bond donors (Lipinski definition) is 4. The smallest absolute Gasteiger partial charge is 0.200 e. The lowest BCUT2D eigenvalue weighted by atomic mass is 10.0. The van der Waals surface area contributed by atoms with Gasteiger partial charge in [0.15, 0.2) is 17.4 Å². The molecule has 0 radical (unpaired) electrons. The maximum atomic E-state index is 14.0. The van der Waals surface area contributed by atoms with E-state index in [1.165, 1.54) is 24.3 Å². The van der Waals surface area contributed by atoms with Gasteiger partial charge < -0.3 is 20.6 Å². The van der Waals surface area contributed by atoms with Crippen molar-refractivity contribution in [2.45, 2.75) is 6.54 Å². The van der Waals surface area contributed by atoms with E-state index in [1.807, 2.05) is 0 Å². The number of rotatable bonds is 6. The second kappa shape index (κ2) is 9.89. The number of halogens is 4. The number of hydrogen-bond acceptors (Lipinski definition) is 8. The van der Waals surface area contributed by atoms with E-state index < -0.39 is 40.2 Å². The van der Waals surface area contributed by atoms with Crippen molar-refractivity contribution in [2.75, 3.05) is 11.1 Å². The quantitative estimate of drug-likeness (QED) is 0.175. The van der Waals surface area contributed by atoms with E-state index in [-0.39, 0.29) is 57.2 Å². The van der Waals surface area contributed by atoms with Crippen LogP contribution in [0.25, 0.3) is 22.1 Å². The van der Waals surface area contributed by atoms with Crippen molar-refractivity contribution in [3.63, 3.8) is 0 Å². The minimum absolute atomic E-state index is 0.0288. The van der Waals surface area contributed by atoms with Gasteiger partial charge >= 0.3 is 0 Å².